The number of para-hydroxylation sites is 1. The van der Waals surface area contributed by atoms with Crippen LogP contribution in [0, 0.1) is 6.92 Å². The summed E-state index contributed by atoms with van der Waals surface area (Å²) < 4.78 is 0. The van der Waals surface area contributed by atoms with E-state index in [-0.39, 0.29) is 11.7 Å². The number of nitrogens with one attached hydrogen (secondary N) is 1. The van der Waals surface area contributed by atoms with Crippen LogP contribution in [0.15, 0.2) is 24.3 Å². The summed E-state index contributed by atoms with van der Waals surface area (Å²) in [7, 11) is 0. The van der Waals surface area contributed by atoms with Crippen molar-refractivity contribution < 1.29 is 4.79 Å². The maximum atomic E-state index is 10.9. The van der Waals surface area contributed by atoms with Crippen LogP contribution in [0.5, 0.6) is 0 Å². The second-order valence-corrected chi connectivity index (χ2v) is 3.73. The van der Waals surface area contributed by atoms with Crippen LogP contribution < -0.4 is 0 Å². The molecule has 0 fully saturated rings. The second-order valence-electron chi connectivity index (χ2n) is 3.31. The molecule has 0 spiro atoms. The number of halogens is 1. The Labute approximate surface area is 86.9 Å². The van der Waals surface area contributed by atoms with Gasteiger partial charge in [0, 0.05) is 23.0 Å². The van der Waals surface area contributed by atoms with Crippen molar-refractivity contribution in [3.05, 3.63) is 35.5 Å². The molecule has 0 aliphatic carbocycles. The summed E-state index contributed by atoms with van der Waals surface area (Å²) in [4.78, 5) is 14.1. The topological polar surface area (TPSA) is 32.9 Å². The van der Waals surface area contributed by atoms with Gasteiger partial charge in [-0.3, -0.25) is 4.79 Å². The van der Waals surface area contributed by atoms with E-state index in [0.29, 0.717) is 0 Å². The largest absolute Gasteiger partial charge is 0.358 e. The number of rotatable bonds is 2. The van der Waals surface area contributed by atoms with Gasteiger partial charge in [-0.05, 0) is 30.2 Å². The molecular formula is C11H10ClNO. The Hall–Kier alpha value is -1.28. The van der Waals surface area contributed by atoms with Crippen LogP contribution in [0.3, 0.4) is 0 Å². The maximum Gasteiger partial charge on any atom is 0.226 e. The average Bonchev–Trinajstić information content (AvgIpc) is 2.43. The van der Waals surface area contributed by atoms with Crippen molar-refractivity contribution in [2.24, 2.45) is 0 Å². The third-order valence-corrected chi connectivity index (χ3v) is 2.48. The highest BCUT2D eigenvalue weighted by Crippen LogP contribution is 2.22. The zero-order valence-electron chi connectivity index (χ0n) is 7.80. The first-order chi connectivity index (χ1) is 6.68. The van der Waals surface area contributed by atoms with Crippen molar-refractivity contribution >= 4 is 27.7 Å². The summed E-state index contributed by atoms with van der Waals surface area (Å²) in [6, 6.07) is 7.90. The van der Waals surface area contributed by atoms with Crippen LogP contribution >= 0.6 is 11.6 Å². The predicted molar refractivity (Wildman–Crippen MR) is 57.6 cm³/mol. The molecule has 2 rings (SSSR count). The van der Waals surface area contributed by atoms with E-state index in [2.05, 4.69) is 4.98 Å². The molecule has 0 atom stereocenters. The van der Waals surface area contributed by atoms with Gasteiger partial charge in [0.15, 0.2) is 0 Å². The van der Waals surface area contributed by atoms with Crippen LogP contribution in [0.1, 0.15) is 11.3 Å². The van der Waals surface area contributed by atoms with E-state index < -0.39 is 0 Å². The van der Waals surface area contributed by atoms with Crippen molar-refractivity contribution in [1.29, 1.82) is 0 Å². The van der Waals surface area contributed by atoms with Gasteiger partial charge in [0.2, 0.25) is 5.24 Å². The molecule has 0 amide bonds. The van der Waals surface area contributed by atoms with Crippen LogP contribution in [0.2, 0.25) is 0 Å². The number of benzene rings is 1. The number of aromatic amines is 1. The van der Waals surface area contributed by atoms with Crippen LogP contribution in [0.25, 0.3) is 10.9 Å². The predicted octanol–water partition coefficient (Wildman–Crippen LogP) is 2.78. The highest BCUT2D eigenvalue weighted by molar-refractivity contribution is 6.63. The molecule has 72 valence electrons. The summed E-state index contributed by atoms with van der Waals surface area (Å²) in [5, 5.41) is 0.761. The Balaban J connectivity index is 2.62. The van der Waals surface area contributed by atoms with Gasteiger partial charge < -0.3 is 4.98 Å². The first-order valence-electron chi connectivity index (χ1n) is 4.43. The molecule has 2 aromatic rings. The molecule has 2 nitrogen and oxygen atoms in total. The molecule has 1 aromatic heterocycles. The van der Waals surface area contributed by atoms with Gasteiger partial charge in [0.05, 0.1) is 0 Å². The molecule has 0 aliphatic heterocycles. The van der Waals surface area contributed by atoms with Crippen LogP contribution in [-0.4, -0.2) is 10.2 Å². The summed E-state index contributed by atoms with van der Waals surface area (Å²) >= 11 is 5.39. The number of carbonyl (C=O) groups excluding carboxylic acids is 1. The van der Waals surface area contributed by atoms with E-state index in [1.807, 2.05) is 31.2 Å². The normalized spacial score (nSPS) is 10.7. The van der Waals surface area contributed by atoms with E-state index in [9.17, 15) is 4.79 Å². The zero-order chi connectivity index (χ0) is 10.1. The Morgan fingerprint density at radius 2 is 2.14 bits per heavy atom. The number of H-pyrrole nitrogens is 1. The maximum absolute atomic E-state index is 10.9. The van der Waals surface area contributed by atoms with Crippen molar-refractivity contribution in [3.8, 4) is 0 Å². The Morgan fingerprint density at radius 3 is 2.86 bits per heavy atom. The molecule has 0 bridgehead atoms. The summed E-state index contributed by atoms with van der Waals surface area (Å²) in [6.45, 7) is 1.95. The molecule has 1 N–H and O–H groups in total. The van der Waals surface area contributed by atoms with Crippen molar-refractivity contribution in [2.75, 3.05) is 0 Å². The minimum absolute atomic E-state index is 0.289. The SMILES string of the molecule is Cc1[nH]c2ccccc2c1CC(=O)Cl. The quantitative estimate of drug-likeness (QED) is 0.755. The minimum Gasteiger partial charge on any atom is -0.358 e. The molecule has 3 heteroatoms. The van der Waals surface area contributed by atoms with Gasteiger partial charge >= 0.3 is 0 Å². The fourth-order valence-electron chi connectivity index (χ4n) is 1.70. The monoisotopic (exact) mass is 207 g/mol. The fourth-order valence-corrected chi connectivity index (χ4v) is 1.84. The molecule has 0 aliphatic rings. The fraction of sp³-hybridized carbons (Fsp3) is 0.182. The second kappa shape index (κ2) is 3.46. The smallest absolute Gasteiger partial charge is 0.226 e. The van der Waals surface area contributed by atoms with E-state index in [1.165, 1.54) is 0 Å². The molecule has 0 saturated heterocycles. The van der Waals surface area contributed by atoms with Crippen molar-refractivity contribution in [3.63, 3.8) is 0 Å². The molecule has 0 saturated carbocycles. The third-order valence-electron chi connectivity index (χ3n) is 2.34. The highest BCUT2D eigenvalue weighted by atomic mass is 35.5. The lowest BCUT2D eigenvalue weighted by Crippen LogP contribution is -1.94. The van der Waals surface area contributed by atoms with Gasteiger partial charge in [-0.25, -0.2) is 0 Å². The highest BCUT2D eigenvalue weighted by Gasteiger charge is 2.09. The summed E-state index contributed by atoms with van der Waals surface area (Å²) in [6.07, 6.45) is 0.289. The van der Waals surface area contributed by atoms with E-state index in [1.54, 1.807) is 0 Å². The molecule has 1 heterocycles. The molecule has 1 aromatic carbocycles. The van der Waals surface area contributed by atoms with Gasteiger partial charge in [-0.2, -0.15) is 0 Å². The van der Waals surface area contributed by atoms with Gasteiger partial charge in [-0.1, -0.05) is 18.2 Å². The first-order valence-corrected chi connectivity index (χ1v) is 4.81. The number of fused-ring (bicyclic) bond motifs is 1. The summed E-state index contributed by atoms with van der Waals surface area (Å²) in [5.74, 6) is 0. The van der Waals surface area contributed by atoms with Gasteiger partial charge in [-0.15, -0.1) is 0 Å². The average molecular weight is 208 g/mol. The lowest BCUT2D eigenvalue weighted by Gasteiger charge is -1.95. The van der Waals surface area contributed by atoms with E-state index in [4.69, 9.17) is 11.6 Å². The lowest BCUT2D eigenvalue weighted by molar-refractivity contribution is -0.111. The molecule has 0 unspecified atom stereocenters. The standard InChI is InChI=1S/C11H10ClNO/c1-7-9(6-11(12)14)8-4-2-3-5-10(8)13-7/h2-5,13H,6H2,1H3. The molecule has 14 heavy (non-hydrogen) atoms. The Kier molecular flexibility index (Phi) is 2.30. The molecular weight excluding hydrogens is 198 g/mol. The molecule has 0 radical (unpaired) electrons. The number of aryl methyl sites for hydroxylation is 1. The van der Waals surface area contributed by atoms with Gasteiger partial charge in [0.25, 0.3) is 0 Å². The van der Waals surface area contributed by atoms with Crippen LogP contribution in [-0.2, 0) is 11.2 Å². The zero-order valence-corrected chi connectivity index (χ0v) is 8.56. The van der Waals surface area contributed by atoms with Crippen LogP contribution in [0.4, 0.5) is 0 Å². The lowest BCUT2D eigenvalue weighted by atomic mass is 10.1. The Bertz CT molecular complexity index is 487. The number of hydrogen-bond donors (Lipinski definition) is 1. The Morgan fingerprint density at radius 1 is 1.43 bits per heavy atom. The van der Waals surface area contributed by atoms with Crippen molar-refractivity contribution in [1.82, 2.24) is 4.98 Å². The number of aromatic nitrogens is 1. The van der Waals surface area contributed by atoms with E-state index >= 15 is 0 Å². The van der Waals surface area contributed by atoms with Gasteiger partial charge in [0.1, 0.15) is 0 Å². The number of hydrogen-bond acceptors (Lipinski definition) is 1. The third kappa shape index (κ3) is 1.53. The minimum atomic E-state index is -0.321. The summed E-state index contributed by atoms with van der Waals surface area (Å²) in [5.41, 5.74) is 3.07. The first kappa shape index (κ1) is 9.28. The van der Waals surface area contributed by atoms with Crippen molar-refractivity contribution in [2.45, 2.75) is 13.3 Å². The van der Waals surface area contributed by atoms with E-state index in [0.717, 1.165) is 22.2 Å². The number of carbonyl (C=O) groups is 1.